The van der Waals surface area contributed by atoms with E-state index >= 15 is 0 Å². The molecule has 1 amide bonds. The van der Waals surface area contributed by atoms with Crippen LogP contribution in [0, 0.1) is 11.3 Å². The normalized spacial score (nSPS) is 15.8. The van der Waals surface area contributed by atoms with Crippen LogP contribution < -0.4 is 19.7 Å². The Morgan fingerprint density at radius 3 is 2.50 bits per heavy atom. The van der Waals surface area contributed by atoms with Crippen molar-refractivity contribution in [2.24, 2.45) is 0 Å². The van der Waals surface area contributed by atoms with Crippen molar-refractivity contribution >= 4 is 22.9 Å². The number of piperidine rings is 1. The van der Waals surface area contributed by atoms with Crippen molar-refractivity contribution in [3.63, 3.8) is 0 Å². The molecule has 0 bridgehead atoms. The number of amides is 1. The van der Waals surface area contributed by atoms with Crippen molar-refractivity contribution in [3.8, 4) is 28.0 Å². The molecule has 6 nitrogen and oxygen atoms in total. The Morgan fingerprint density at radius 1 is 1.00 bits per heavy atom. The summed E-state index contributed by atoms with van der Waals surface area (Å²) in [7, 11) is 0. The summed E-state index contributed by atoms with van der Waals surface area (Å²) in [5, 5.41) is 12.1. The summed E-state index contributed by atoms with van der Waals surface area (Å²) in [5.74, 6) is 1.50. The predicted molar refractivity (Wildman–Crippen MR) is 125 cm³/mol. The fourth-order valence-corrected chi connectivity index (χ4v) is 5.00. The summed E-state index contributed by atoms with van der Waals surface area (Å²) in [6.45, 7) is 2.88. The number of anilines is 1. The Hall–Kier alpha value is -3.50. The topological polar surface area (TPSA) is 74.6 Å². The first-order chi connectivity index (χ1) is 15.7. The number of nitrogens with one attached hydrogen (secondary N) is 1. The van der Waals surface area contributed by atoms with Crippen LogP contribution in [0.15, 0.2) is 54.6 Å². The minimum Gasteiger partial charge on any atom is -0.486 e. The molecular weight excluding hydrogens is 422 g/mol. The summed E-state index contributed by atoms with van der Waals surface area (Å²) >= 11 is 1.49. The Labute approximate surface area is 191 Å². The zero-order chi connectivity index (χ0) is 21.9. The molecule has 2 aromatic carbocycles. The molecule has 0 spiro atoms. The van der Waals surface area contributed by atoms with E-state index in [-0.39, 0.29) is 11.9 Å². The molecule has 5 rings (SSSR count). The number of hydrogen-bond donors (Lipinski definition) is 1. The molecule has 1 aromatic heterocycles. The molecule has 0 aliphatic carbocycles. The second-order valence-corrected chi connectivity index (χ2v) is 9.00. The maximum absolute atomic E-state index is 12.8. The van der Waals surface area contributed by atoms with Crippen LogP contribution in [0.1, 0.15) is 28.1 Å². The van der Waals surface area contributed by atoms with Gasteiger partial charge in [0, 0.05) is 29.7 Å². The number of rotatable bonds is 4. The number of carbonyl (C=O) groups excluding carboxylic acids is 1. The molecule has 2 aliphatic rings. The molecule has 3 heterocycles. The van der Waals surface area contributed by atoms with Crippen molar-refractivity contribution in [2.75, 3.05) is 31.2 Å². The lowest BCUT2D eigenvalue weighted by atomic mass is 10.0. The van der Waals surface area contributed by atoms with Crippen LogP contribution in [0.5, 0.6) is 11.5 Å². The largest absolute Gasteiger partial charge is 0.486 e. The number of thiophene rings is 1. The van der Waals surface area contributed by atoms with Gasteiger partial charge in [-0.15, -0.1) is 11.3 Å². The molecule has 3 aromatic rings. The van der Waals surface area contributed by atoms with Gasteiger partial charge in [-0.2, -0.15) is 5.26 Å². The van der Waals surface area contributed by atoms with E-state index in [1.165, 1.54) is 11.3 Å². The lowest BCUT2D eigenvalue weighted by molar-refractivity contribution is 0.0935. The Kier molecular flexibility index (Phi) is 5.70. The summed E-state index contributed by atoms with van der Waals surface area (Å²) in [5.41, 5.74) is 2.81. The van der Waals surface area contributed by atoms with Gasteiger partial charge in [-0.3, -0.25) is 4.79 Å². The highest BCUT2D eigenvalue weighted by atomic mass is 32.1. The van der Waals surface area contributed by atoms with Crippen molar-refractivity contribution in [3.05, 3.63) is 65.0 Å². The van der Waals surface area contributed by atoms with Crippen molar-refractivity contribution in [2.45, 2.75) is 18.9 Å². The molecule has 0 radical (unpaired) electrons. The third-order valence-electron chi connectivity index (χ3n) is 5.85. The van der Waals surface area contributed by atoms with E-state index in [2.05, 4.69) is 16.3 Å². The second-order valence-electron chi connectivity index (χ2n) is 7.92. The monoisotopic (exact) mass is 445 g/mol. The van der Waals surface area contributed by atoms with Gasteiger partial charge in [-0.25, -0.2) is 0 Å². The van der Waals surface area contributed by atoms with Gasteiger partial charge in [-0.1, -0.05) is 0 Å². The lowest BCUT2D eigenvalue weighted by Crippen LogP contribution is -2.44. The molecule has 2 aliphatic heterocycles. The van der Waals surface area contributed by atoms with Gasteiger partial charge >= 0.3 is 0 Å². The number of nitrogens with zero attached hydrogens (tertiary/aromatic N) is 2. The quantitative estimate of drug-likeness (QED) is 0.642. The predicted octanol–water partition coefficient (Wildman–Crippen LogP) is 4.46. The number of hydrogen-bond acceptors (Lipinski definition) is 6. The highest BCUT2D eigenvalue weighted by Gasteiger charge is 2.22. The SMILES string of the molecule is N#Cc1ccc(N2CCC(NC(=O)c3ccc(-c4ccc5c(c4)OCCO5)s3)CC2)cc1. The second kappa shape index (κ2) is 8.93. The van der Waals surface area contributed by atoms with Crippen LogP contribution in [0.4, 0.5) is 5.69 Å². The van der Waals surface area contributed by atoms with Crippen LogP contribution >= 0.6 is 11.3 Å². The van der Waals surface area contributed by atoms with Crippen LogP contribution in [0.25, 0.3) is 10.4 Å². The van der Waals surface area contributed by atoms with Gasteiger partial charge < -0.3 is 19.7 Å². The third-order valence-corrected chi connectivity index (χ3v) is 6.98. The summed E-state index contributed by atoms with van der Waals surface area (Å²) in [4.78, 5) is 16.9. The Bertz CT molecular complexity index is 1160. The van der Waals surface area contributed by atoms with Gasteiger partial charge in [0.1, 0.15) is 13.2 Å². The van der Waals surface area contributed by atoms with Crippen LogP contribution in [0.3, 0.4) is 0 Å². The maximum atomic E-state index is 12.8. The minimum absolute atomic E-state index is 0.0179. The van der Waals surface area contributed by atoms with Crippen molar-refractivity contribution in [1.29, 1.82) is 5.26 Å². The fraction of sp³-hybridized carbons (Fsp3) is 0.280. The molecule has 7 heteroatoms. The maximum Gasteiger partial charge on any atom is 0.261 e. The van der Waals surface area contributed by atoms with Gasteiger partial charge in [0.2, 0.25) is 0 Å². The number of carbonyl (C=O) groups is 1. The number of nitriles is 1. The number of fused-ring (bicyclic) bond motifs is 1. The molecule has 162 valence electrons. The summed E-state index contributed by atoms with van der Waals surface area (Å²) in [6, 6.07) is 19.8. The fourth-order valence-electron chi connectivity index (χ4n) is 4.10. The third kappa shape index (κ3) is 4.27. The van der Waals surface area contributed by atoms with Crippen LogP contribution in [-0.4, -0.2) is 38.3 Å². The van der Waals surface area contributed by atoms with Crippen LogP contribution in [0.2, 0.25) is 0 Å². The molecule has 0 unspecified atom stereocenters. The standard InChI is InChI=1S/C25H23N3O3S/c26-16-17-1-4-20(5-2-17)28-11-9-19(10-12-28)27-25(29)24-8-7-23(32-24)18-3-6-21-22(15-18)31-14-13-30-21/h1-8,15,19H,9-14H2,(H,27,29). The number of ether oxygens (including phenoxy) is 2. The van der Waals surface area contributed by atoms with Crippen LogP contribution in [-0.2, 0) is 0 Å². The average Bonchev–Trinajstić information content (AvgIpc) is 3.35. The average molecular weight is 446 g/mol. The van der Waals surface area contributed by atoms with Gasteiger partial charge in [0.05, 0.1) is 16.5 Å². The van der Waals surface area contributed by atoms with Gasteiger partial charge in [0.15, 0.2) is 11.5 Å². The molecule has 1 fully saturated rings. The van der Waals surface area contributed by atoms with E-state index in [4.69, 9.17) is 14.7 Å². The first-order valence-corrected chi connectivity index (χ1v) is 11.6. The van der Waals surface area contributed by atoms with Crippen molar-refractivity contribution < 1.29 is 14.3 Å². The van der Waals surface area contributed by atoms with E-state index in [1.54, 1.807) is 0 Å². The van der Waals surface area contributed by atoms with E-state index < -0.39 is 0 Å². The zero-order valence-electron chi connectivity index (χ0n) is 17.5. The first-order valence-electron chi connectivity index (χ1n) is 10.8. The smallest absolute Gasteiger partial charge is 0.261 e. The van der Waals surface area contributed by atoms with Gasteiger partial charge in [0.25, 0.3) is 5.91 Å². The minimum atomic E-state index is -0.0179. The zero-order valence-corrected chi connectivity index (χ0v) is 18.4. The summed E-state index contributed by atoms with van der Waals surface area (Å²) < 4.78 is 11.3. The molecule has 0 saturated carbocycles. The lowest BCUT2D eigenvalue weighted by Gasteiger charge is -2.34. The van der Waals surface area contributed by atoms with E-state index in [9.17, 15) is 4.79 Å². The molecule has 32 heavy (non-hydrogen) atoms. The van der Waals surface area contributed by atoms with Crippen molar-refractivity contribution in [1.82, 2.24) is 5.32 Å². The van der Waals surface area contributed by atoms with E-state index in [0.29, 0.717) is 23.7 Å². The highest BCUT2D eigenvalue weighted by molar-refractivity contribution is 7.17. The molecule has 0 atom stereocenters. The Balaban J connectivity index is 1.18. The number of benzene rings is 2. The molecule has 1 saturated heterocycles. The van der Waals surface area contributed by atoms with Gasteiger partial charge in [-0.05, 0) is 73.0 Å². The molecule has 1 N–H and O–H groups in total. The van der Waals surface area contributed by atoms with E-state index in [0.717, 1.165) is 53.6 Å². The first kappa shape index (κ1) is 20.4. The van der Waals surface area contributed by atoms with E-state index in [1.807, 2.05) is 54.6 Å². The summed E-state index contributed by atoms with van der Waals surface area (Å²) in [6.07, 6.45) is 1.79. The highest BCUT2D eigenvalue weighted by Crippen LogP contribution is 2.37. The Morgan fingerprint density at radius 2 is 1.75 bits per heavy atom. The molecular formula is C25H23N3O3S.